The molecule has 136 valence electrons. The summed E-state index contributed by atoms with van der Waals surface area (Å²) in [5.41, 5.74) is 5.17. The van der Waals surface area contributed by atoms with Crippen LogP contribution in [-0.2, 0) is 0 Å². The second kappa shape index (κ2) is 7.05. The van der Waals surface area contributed by atoms with Gasteiger partial charge < -0.3 is 0 Å². The maximum Gasteiger partial charge on any atom is 0.212 e. The number of rotatable bonds is 3. The molecule has 5 rings (SSSR count). The first kappa shape index (κ1) is 16.9. The van der Waals surface area contributed by atoms with Gasteiger partial charge in [-0.2, -0.15) is 9.78 Å². The smallest absolute Gasteiger partial charge is 0.207 e. The monoisotopic (exact) mass is 386 g/mol. The molecule has 0 saturated heterocycles. The Morgan fingerprint density at radius 1 is 0.714 bits per heavy atom. The molecule has 0 amide bonds. The highest BCUT2D eigenvalue weighted by Crippen LogP contribution is 2.29. The van der Waals surface area contributed by atoms with Crippen molar-refractivity contribution in [2.24, 2.45) is 5.10 Å². The fourth-order valence-electron chi connectivity index (χ4n) is 3.13. The van der Waals surface area contributed by atoms with Crippen LogP contribution in [0.5, 0.6) is 0 Å². The van der Waals surface area contributed by atoms with Crippen LogP contribution >= 0.6 is 11.8 Å². The summed E-state index contributed by atoms with van der Waals surface area (Å²) in [6, 6.07) is 24.9. The minimum atomic E-state index is -0.279. The van der Waals surface area contributed by atoms with Crippen LogP contribution in [0.3, 0.4) is 0 Å². The second-order valence-electron chi connectivity index (χ2n) is 6.40. The van der Waals surface area contributed by atoms with E-state index in [-0.39, 0.29) is 5.82 Å². The molecule has 4 aromatic rings. The van der Waals surface area contributed by atoms with Gasteiger partial charge in [0.15, 0.2) is 5.82 Å². The van der Waals surface area contributed by atoms with E-state index in [9.17, 15) is 4.39 Å². The lowest BCUT2D eigenvalue weighted by Crippen LogP contribution is -2.13. The maximum atomic E-state index is 13.2. The topological polar surface area (TPSA) is 43.1 Å². The number of fused-ring (bicyclic) bond motifs is 1. The predicted molar refractivity (Wildman–Crippen MR) is 110 cm³/mol. The minimum Gasteiger partial charge on any atom is -0.207 e. The van der Waals surface area contributed by atoms with Crippen molar-refractivity contribution in [3.8, 4) is 22.5 Å². The fraction of sp³-hybridized carbons (Fsp3) is 0.0455. The van der Waals surface area contributed by atoms with E-state index < -0.39 is 0 Å². The number of hydrogen-bond acceptors (Lipinski definition) is 4. The summed E-state index contributed by atoms with van der Waals surface area (Å²) in [5, 5.41) is 14.0. The molecular weight excluding hydrogens is 371 g/mol. The van der Waals surface area contributed by atoms with Crippen molar-refractivity contribution in [3.63, 3.8) is 0 Å². The number of nitrogens with zero attached hydrogens (tertiary/aromatic N) is 4. The molecule has 0 radical (unpaired) electrons. The minimum absolute atomic E-state index is 0.279. The van der Waals surface area contributed by atoms with Gasteiger partial charge in [-0.15, -0.1) is 10.2 Å². The summed E-state index contributed by atoms with van der Waals surface area (Å²) in [6.45, 7) is 0. The first-order chi connectivity index (χ1) is 13.8. The normalized spacial score (nSPS) is 13.1. The largest absolute Gasteiger partial charge is 0.212 e. The van der Waals surface area contributed by atoms with Crippen molar-refractivity contribution in [2.45, 2.75) is 5.16 Å². The molecule has 1 aliphatic heterocycles. The van der Waals surface area contributed by atoms with Gasteiger partial charge in [0.1, 0.15) is 5.82 Å². The zero-order chi connectivity index (χ0) is 18.9. The highest BCUT2D eigenvalue weighted by molar-refractivity contribution is 7.99. The van der Waals surface area contributed by atoms with Crippen LogP contribution in [0, 0.1) is 5.82 Å². The molecule has 1 aliphatic rings. The quantitative estimate of drug-likeness (QED) is 0.491. The lowest BCUT2D eigenvalue weighted by molar-refractivity contribution is 0.628. The molecule has 0 atom stereocenters. The Morgan fingerprint density at radius 3 is 2.11 bits per heavy atom. The van der Waals surface area contributed by atoms with E-state index in [1.807, 2.05) is 18.2 Å². The molecule has 2 heterocycles. The van der Waals surface area contributed by atoms with Crippen molar-refractivity contribution >= 4 is 17.5 Å². The number of hydrogen-bond donors (Lipinski definition) is 0. The Labute approximate surface area is 165 Å². The molecule has 0 bridgehead atoms. The van der Waals surface area contributed by atoms with Gasteiger partial charge >= 0.3 is 0 Å². The highest BCUT2D eigenvalue weighted by atomic mass is 32.2. The number of halogens is 1. The zero-order valence-electron chi connectivity index (χ0n) is 14.8. The number of benzene rings is 3. The van der Waals surface area contributed by atoms with Crippen LogP contribution in [0.2, 0.25) is 0 Å². The predicted octanol–water partition coefficient (Wildman–Crippen LogP) is 5.11. The van der Waals surface area contributed by atoms with Gasteiger partial charge in [0, 0.05) is 11.3 Å². The Balaban J connectivity index is 1.49. The van der Waals surface area contributed by atoms with Crippen molar-refractivity contribution < 1.29 is 4.39 Å². The highest BCUT2D eigenvalue weighted by Gasteiger charge is 2.20. The molecule has 0 N–H and O–H groups in total. The second-order valence-corrected chi connectivity index (χ2v) is 7.35. The SMILES string of the molecule is Fc1ccc(-c2nnc3n2N=C(c2ccc(-c4ccccc4)cc2)CS3)cc1. The van der Waals surface area contributed by atoms with Crippen molar-refractivity contribution in [3.05, 3.63) is 90.2 Å². The van der Waals surface area contributed by atoms with Gasteiger partial charge in [-0.25, -0.2) is 4.39 Å². The molecular formula is C22H15FN4S. The third-order valence-corrected chi connectivity index (χ3v) is 5.53. The standard InChI is InChI=1S/C22H15FN4S/c23-19-12-10-18(11-13-19)21-24-25-22-27(21)26-20(14-28-22)17-8-6-16(7-9-17)15-4-2-1-3-5-15/h1-13H,14H2. The van der Waals surface area contributed by atoms with Gasteiger partial charge in [-0.3, -0.25) is 0 Å². The van der Waals surface area contributed by atoms with E-state index in [2.05, 4.69) is 46.6 Å². The Hall–Kier alpha value is -3.25. The van der Waals surface area contributed by atoms with Crippen LogP contribution in [0.4, 0.5) is 4.39 Å². The van der Waals surface area contributed by atoms with Crippen LogP contribution in [0.15, 0.2) is 89.1 Å². The molecule has 0 aliphatic carbocycles. The Bertz CT molecular complexity index is 1150. The molecule has 1 aromatic heterocycles. The lowest BCUT2D eigenvalue weighted by atomic mass is 10.0. The molecule has 6 heteroatoms. The molecule has 0 unspecified atom stereocenters. The van der Waals surface area contributed by atoms with Crippen LogP contribution < -0.4 is 0 Å². The summed E-state index contributed by atoms with van der Waals surface area (Å²) in [6.07, 6.45) is 0. The number of aromatic nitrogens is 3. The summed E-state index contributed by atoms with van der Waals surface area (Å²) in [7, 11) is 0. The van der Waals surface area contributed by atoms with Crippen LogP contribution in [0.25, 0.3) is 22.5 Å². The molecule has 28 heavy (non-hydrogen) atoms. The molecule has 0 fully saturated rings. The van der Waals surface area contributed by atoms with E-state index >= 15 is 0 Å². The fourth-order valence-corrected chi connectivity index (χ4v) is 3.97. The molecule has 3 aromatic carbocycles. The Morgan fingerprint density at radius 2 is 1.36 bits per heavy atom. The first-order valence-electron chi connectivity index (χ1n) is 8.86. The first-order valence-corrected chi connectivity index (χ1v) is 9.84. The van der Waals surface area contributed by atoms with E-state index in [1.165, 1.54) is 23.3 Å². The lowest BCUT2D eigenvalue weighted by Gasteiger charge is -2.14. The van der Waals surface area contributed by atoms with E-state index in [4.69, 9.17) is 5.10 Å². The van der Waals surface area contributed by atoms with Gasteiger partial charge in [0.2, 0.25) is 5.16 Å². The van der Waals surface area contributed by atoms with Crippen LogP contribution in [0.1, 0.15) is 5.56 Å². The van der Waals surface area contributed by atoms with E-state index in [0.717, 1.165) is 27.7 Å². The number of thioether (sulfide) groups is 1. The van der Waals surface area contributed by atoms with E-state index in [0.29, 0.717) is 5.82 Å². The van der Waals surface area contributed by atoms with Crippen LogP contribution in [-0.4, -0.2) is 26.3 Å². The summed E-state index contributed by atoms with van der Waals surface area (Å²) in [5.74, 6) is 1.06. The van der Waals surface area contributed by atoms with Gasteiger partial charge in [0.25, 0.3) is 0 Å². The van der Waals surface area contributed by atoms with Crippen molar-refractivity contribution in [1.82, 2.24) is 14.9 Å². The third kappa shape index (κ3) is 3.12. The average Bonchev–Trinajstić information content (AvgIpc) is 3.18. The summed E-state index contributed by atoms with van der Waals surface area (Å²) >= 11 is 1.60. The van der Waals surface area contributed by atoms with Crippen molar-refractivity contribution in [1.29, 1.82) is 0 Å². The van der Waals surface area contributed by atoms with Gasteiger partial charge in [-0.05, 0) is 41.0 Å². The zero-order valence-corrected chi connectivity index (χ0v) is 15.6. The van der Waals surface area contributed by atoms with Crippen molar-refractivity contribution in [2.75, 3.05) is 5.75 Å². The molecule has 4 nitrogen and oxygen atoms in total. The van der Waals surface area contributed by atoms with Gasteiger partial charge in [-0.1, -0.05) is 66.4 Å². The summed E-state index contributed by atoms with van der Waals surface area (Å²) < 4.78 is 15.0. The van der Waals surface area contributed by atoms with Gasteiger partial charge in [0.05, 0.1) is 5.71 Å². The maximum absolute atomic E-state index is 13.2. The average molecular weight is 386 g/mol. The summed E-state index contributed by atoms with van der Waals surface area (Å²) in [4.78, 5) is 0. The third-order valence-electron chi connectivity index (χ3n) is 4.60. The molecule has 0 saturated carbocycles. The molecule has 0 spiro atoms. The van der Waals surface area contributed by atoms with E-state index in [1.54, 1.807) is 28.6 Å². The Kier molecular flexibility index (Phi) is 4.25.